The monoisotopic (exact) mass is 322 g/mol. The maximum absolute atomic E-state index is 13.8. The molecule has 0 atom stereocenters. The molecule has 3 aromatic rings. The molecule has 5 heteroatoms. The molecule has 96 valence electrons. The number of imidazole rings is 1. The lowest BCUT2D eigenvalue weighted by molar-refractivity contribution is 0.510. The second kappa shape index (κ2) is 4.42. The normalized spacial score (nSPS) is 11.2. The molecule has 1 heterocycles. The predicted octanol–water partition coefficient (Wildman–Crippen LogP) is 4.58. The zero-order valence-corrected chi connectivity index (χ0v) is 11.6. The van der Waals surface area contributed by atoms with E-state index in [1.807, 2.05) is 19.1 Å². The van der Waals surface area contributed by atoms with E-state index < -0.39 is 11.6 Å². The van der Waals surface area contributed by atoms with Gasteiger partial charge in [-0.05, 0) is 36.8 Å². The van der Waals surface area contributed by atoms with Gasteiger partial charge < -0.3 is 4.98 Å². The summed E-state index contributed by atoms with van der Waals surface area (Å²) >= 11 is 3.39. The van der Waals surface area contributed by atoms with Crippen LogP contribution in [0.3, 0.4) is 0 Å². The molecule has 19 heavy (non-hydrogen) atoms. The minimum absolute atomic E-state index is 0.131. The quantitative estimate of drug-likeness (QED) is 0.698. The number of aryl methyl sites for hydroxylation is 1. The van der Waals surface area contributed by atoms with Gasteiger partial charge in [-0.25, -0.2) is 13.8 Å². The van der Waals surface area contributed by atoms with Crippen LogP contribution in [0.4, 0.5) is 8.78 Å². The number of hydrogen-bond acceptors (Lipinski definition) is 1. The molecule has 1 aromatic heterocycles. The number of aromatic nitrogens is 2. The predicted molar refractivity (Wildman–Crippen MR) is 73.9 cm³/mol. The van der Waals surface area contributed by atoms with E-state index in [9.17, 15) is 8.78 Å². The summed E-state index contributed by atoms with van der Waals surface area (Å²) in [6, 6.07) is 7.83. The Labute approximate surface area is 116 Å². The van der Waals surface area contributed by atoms with Crippen molar-refractivity contribution in [3.63, 3.8) is 0 Å². The van der Waals surface area contributed by atoms with Crippen LogP contribution in [-0.4, -0.2) is 9.97 Å². The van der Waals surface area contributed by atoms with Gasteiger partial charge in [-0.15, -0.1) is 0 Å². The highest BCUT2D eigenvalue weighted by molar-refractivity contribution is 9.10. The number of rotatable bonds is 1. The van der Waals surface area contributed by atoms with E-state index in [0.29, 0.717) is 5.82 Å². The maximum Gasteiger partial charge on any atom is 0.169 e. The second-order valence-corrected chi connectivity index (χ2v) is 5.22. The maximum atomic E-state index is 13.8. The first-order chi connectivity index (χ1) is 9.06. The molecule has 0 spiro atoms. The third kappa shape index (κ3) is 2.04. The zero-order chi connectivity index (χ0) is 13.6. The van der Waals surface area contributed by atoms with Crippen LogP contribution < -0.4 is 0 Å². The number of nitrogens with zero attached hydrogens (tertiary/aromatic N) is 1. The Kier molecular flexibility index (Phi) is 2.86. The van der Waals surface area contributed by atoms with Gasteiger partial charge >= 0.3 is 0 Å². The molecular weight excluding hydrogens is 314 g/mol. The smallest absolute Gasteiger partial charge is 0.169 e. The highest BCUT2D eigenvalue weighted by Crippen LogP contribution is 2.27. The Bertz CT molecular complexity index is 780. The number of hydrogen-bond donors (Lipinski definition) is 1. The molecule has 0 bridgehead atoms. The van der Waals surface area contributed by atoms with E-state index in [4.69, 9.17) is 0 Å². The van der Waals surface area contributed by atoms with E-state index in [1.54, 1.807) is 0 Å². The number of aromatic amines is 1. The Hall–Kier alpha value is -1.75. The molecule has 0 radical (unpaired) electrons. The fourth-order valence-electron chi connectivity index (χ4n) is 2.06. The number of benzene rings is 2. The average Bonchev–Trinajstić information content (AvgIpc) is 2.76. The van der Waals surface area contributed by atoms with E-state index in [-0.39, 0.29) is 5.56 Å². The van der Waals surface area contributed by atoms with Crippen LogP contribution in [0.5, 0.6) is 0 Å². The highest BCUT2D eigenvalue weighted by atomic mass is 79.9. The second-order valence-electron chi connectivity index (χ2n) is 4.31. The van der Waals surface area contributed by atoms with Crippen LogP contribution in [0.15, 0.2) is 34.8 Å². The van der Waals surface area contributed by atoms with Gasteiger partial charge in [0.2, 0.25) is 0 Å². The van der Waals surface area contributed by atoms with Crippen molar-refractivity contribution in [2.75, 3.05) is 0 Å². The minimum Gasteiger partial charge on any atom is -0.338 e. The largest absolute Gasteiger partial charge is 0.338 e. The molecule has 1 N–H and O–H groups in total. The standard InChI is InChI=1S/C14H9BrF2N2/c1-7-5-8(15)6-11-13(7)19-14(18-11)9-3-2-4-10(16)12(9)17/h2-6H,1H3,(H,18,19). The van der Waals surface area contributed by atoms with Gasteiger partial charge in [0.25, 0.3) is 0 Å². The minimum atomic E-state index is -0.890. The molecule has 2 nitrogen and oxygen atoms in total. The van der Waals surface area contributed by atoms with E-state index in [1.165, 1.54) is 12.1 Å². The third-order valence-electron chi connectivity index (χ3n) is 2.95. The first kappa shape index (κ1) is 12.3. The summed E-state index contributed by atoms with van der Waals surface area (Å²) in [5.74, 6) is -1.44. The lowest BCUT2D eigenvalue weighted by Crippen LogP contribution is -1.90. The Morgan fingerprint density at radius 3 is 2.79 bits per heavy atom. The summed E-state index contributed by atoms with van der Waals surface area (Å²) in [6.45, 7) is 1.92. The lowest BCUT2D eigenvalue weighted by Gasteiger charge is -1.99. The van der Waals surface area contributed by atoms with Crippen LogP contribution in [-0.2, 0) is 0 Å². The van der Waals surface area contributed by atoms with Gasteiger partial charge in [0.15, 0.2) is 11.6 Å². The van der Waals surface area contributed by atoms with Gasteiger partial charge in [0.1, 0.15) is 5.82 Å². The van der Waals surface area contributed by atoms with Crippen LogP contribution in [0, 0.1) is 18.6 Å². The number of fused-ring (bicyclic) bond motifs is 1. The number of nitrogens with one attached hydrogen (secondary N) is 1. The van der Waals surface area contributed by atoms with E-state index in [2.05, 4.69) is 25.9 Å². The third-order valence-corrected chi connectivity index (χ3v) is 3.41. The van der Waals surface area contributed by atoms with Crippen LogP contribution >= 0.6 is 15.9 Å². The average molecular weight is 323 g/mol. The van der Waals surface area contributed by atoms with E-state index >= 15 is 0 Å². The van der Waals surface area contributed by atoms with Gasteiger partial charge in [0, 0.05) is 4.47 Å². The van der Waals surface area contributed by atoms with E-state index in [0.717, 1.165) is 27.1 Å². The fourth-order valence-corrected chi connectivity index (χ4v) is 2.63. The number of halogens is 3. The van der Waals surface area contributed by atoms with Gasteiger partial charge in [-0.3, -0.25) is 0 Å². The zero-order valence-electron chi connectivity index (χ0n) is 9.97. The van der Waals surface area contributed by atoms with Gasteiger partial charge in [0.05, 0.1) is 16.6 Å². The van der Waals surface area contributed by atoms with Crippen LogP contribution in [0.2, 0.25) is 0 Å². The van der Waals surface area contributed by atoms with Crippen LogP contribution in [0.1, 0.15) is 5.56 Å². The molecular formula is C14H9BrF2N2. The molecule has 0 aliphatic heterocycles. The summed E-state index contributed by atoms with van der Waals surface area (Å²) in [5.41, 5.74) is 2.63. The molecule has 0 aliphatic carbocycles. The highest BCUT2D eigenvalue weighted by Gasteiger charge is 2.14. The molecule has 0 aliphatic rings. The van der Waals surface area contributed by atoms with Crippen molar-refractivity contribution in [3.05, 3.63) is 52.0 Å². The first-order valence-corrected chi connectivity index (χ1v) is 6.46. The molecule has 0 unspecified atom stereocenters. The topological polar surface area (TPSA) is 28.7 Å². The molecule has 2 aromatic carbocycles. The van der Waals surface area contributed by atoms with Gasteiger partial charge in [-0.2, -0.15) is 0 Å². The first-order valence-electron chi connectivity index (χ1n) is 5.66. The Balaban J connectivity index is 2.26. The van der Waals surface area contributed by atoms with Crippen LogP contribution in [0.25, 0.3) is 22.4 Å². The summed E-state index contributed by atoms with van der Waals surface area (Å²) < 4.78 is 27.9. The van der Waals surface area contributed by atoms with Crippen molar-refractivity contribution >= 4 is 27.0 Å². The van der Waals surface area contributed by atoms with Crippen molar-refractivity contribution in [2.24, 2.45) is 0 Å². The summed E-state index contributed by atoms with van der Waals surface area (Å²) in [6.07, 6.45) is 0. The summed E-state index contributed by atoms with van der Waals surface area (Å²) in [7, 11) is 0. The molecule has 0 saturated carbocycles. The number of H-pyrrole nitrogens is 1. The summed E-state index contributed by atoms with van der Waals surface area (Å²) in [4.78, 5) is 7.36. The lowest BCUT2D eigenvalue weighted by atomic mass is 10.2. The Morgan fingerprint density at radius 1 is 1.21 bits per heavy atom. The van der Waals surface area contributed by atoms with Crippen molar-refractivity contribution in [3.8, 4) is 11.4 Å². The Morgan fingerprint density at radius 2 is 2.00 bits per heavy atom. The molecule has 0 saturated heterocycles. The van der Waals surface area contributed by atoms with Crippen molar-refractivity contribution in [1.82, 2.24) is 9.97 Å². The SMILES string of the molecule is Cc1cc(Br)cc2[nH]c(-c3cccc(F)c3F)nc12. The van der Waals surface area contributed by atoms with Gasteiger partial charge in [-0.1, -0.05) is 22.0 Å². The fraction of sp³-hybridized carbons (Fsp3) is 0.0714. The van der Waals surface area contributed by atoms with Crippen molar-refractivity contribution < 1.29 is 8.78 Å². The summed E-state index contributed by atoms with van der Waals surface area (Å²) in [5, 5.41) is 0. The molecule has 3 rings (SSSR count). The molecule has 0 amide bonds. The van der Waals surface area contributed by atoms with Crippen molar-refractivity contribution in [2.45, 2.75) is 6.92 Å². The van der Waals surface area contributed by atoms with Crippen molar-refractivity contribution in [1.29, 1.82) is 0 Å². The molecule has 0 fully saturated rings.